The molecule has 3 aromatic rings. The number of aliphatic hydroxyl groups excluding tert-OH is 1. The number of carbonyl (C=O) groups is 1. The lowest BCUT2D eigenvalue weighted by Gasteiger charge is -2.25. The highest BCUT2D eigenvalue weighted by Crippen LogP contribution is 2.46. The van der Waals surface area contributed by atoms with Gasteiger partial charge in [-0.05, 0) is 32.9 Å². The number of carbonyl (C=O) groups excluding carboxylic acids is 1. The molecule has 16 heteroatoms. The molecular weight excluding hydrogens is 531 g/mol. The van der Waals surface area contributed by atoms with Gasteiger partial charge in [-0.2, -0.15) is 20.3 Å². The molecule has 0 unspecified atom stereocenters. The third-order valence-corrected chi connectivity index (χ3v) is 7.34. The SMILES string of the molecule is CC(C)OC(=O)[C@@H](C)N[P@](=O)(OC[C@H]1O[C@@H](n2cnc3c(N)nc(N)nc32)[C@H](C#N)[C@@H]1O)Oc1ccccc1. The molecule has 15 nitrogen and oxygen atoms in total. The number of esters is 1. The Morgan fingerprint density at radius 1 is 1.28 bits per heavy atom. The van der Waals surface area contributed by atoms with Crippen LogP contribution in [0, 0.1) is 17.2 Å². The summed E-state index contributed by atoms with van der Waals surface area (Å²) >= 11 is 0. The first-order valence-electron chi connectivity index (χ1n) is 12.0. The smallest absolute Gasteiger partial charge is 0.459 e. The number of nitrogens with two attached hydrogens (primary N) is 2. The molecule has 1 aliphatic rings. The number of ether oxygens (including phenoxy) is 2. The van der Waals surface area contributed by atoms with Gasteiger partial charge in [-0.15, -0.1) is 0 Å². The van der Waals surface area contributed by atoms with Gasteiger partial charge in [0.15, 0.2) is 17.7 Å². The first-order chi connectivity index (χ1) is 18.5. The number of nitrogen functional groups attached to an aromatic ring is 2. The molecule has 39 heavy (non-hydrogen) atoms. The highest BCUT2D eigenvalue weighted by Gasteiger charge is 2.47. The normalized spacial score (nSPS) is 23.3. The molecule has 3 heterocycles. The topological polar surface area (TPSA) is 223 Å². The summed E-state index contributed by atoms with van der Waals surface area (Å²) in [7, 11) is -4.23. The van der Waals surface area contributed by atoms with Crippen molar-refractivity contribution in [2.75, 3.05) is 18.1 Å². The Kier molecular flexibility index (Phi) is 8.34. The van der Waals surface area contributed by atoms with Crippen LogP contribution in [0.5, 0.6) is 5.75 Å². The second kappa shape index (κ2) is 11.5. The Labute approximate surface area is 223 Å². The predicted molar refractivity (Wildman–Crippen MR) is 138 cm³/mol. The molecule has 1 aromatic carbocycles. The number of fused-ring (bicyclic) bond motifs is 1. The maximum absolute atomic E-state index is 13.7. The highest BCUT2D eigenvalue weighted by molar-refractivity contribution is 7.52. The summed E-state index contributed by atoms with van der Waals surface area (Å²) in [4.78, 5) is 24.5. The number of anilines is 2. The van der Waals surface area contributed by atoms with Gasteiger partial charge in [-0.1, -0.05) is 18.2 Å². The molecule has 0 saturated carbocycles. The van der Waals surface area contributed by atoms with E-state index in [1.165, 1.54) is 17.8 Å². The van der Waals surface area contributed by atoms with Crippen LogP contribution in [0.25, 0.3) is 11.2 Å². The zero-order valence-electron chi connectivity index (χ0n) is 21.4. The summed E-state index contributed by atoms with van der Waals surface area (Å²) in [6.45, 7) is 4.34. The Morgan fingerprint density at radius 2 is 2.00 bits per heavy atom. The minimum absolute atomic E-state index is 0.0402. The quantitative estimate of drug-likeness (QED) is 0.204. The molecule has 1 aliphatic heterocycles. The molecule has 0 radical (unpaired) electrons. The molecule has 6 atom stereocenters. The van der Waals surface area contributed by atoms with Gasteiger partial charge < -0.3 is 30.6 Å². The van der Waals surface area contributed by atoms with Crippen molar-refractivity contribution < 1.29 is 33.0 Å². The van der Waals surface area contributed by atoms with E-state index >= 15 is 0 Å². The highest BCUT2D eigenvalue weighted by atomic mass is 31.2. The number of hydrogen-bond acceptors (Lipinski definition) is 13. The number of para-hydroxylation sites is 1. The van der Waals surface area contributed by atoms with Crippen LogP contribution >= 0.6 is 7.75 Å². The Morgan fingerprint density at radius 3 is 2.67 bits per heavy atom. The molecule has 0 bridgehead atoms. The van der Waals surface area contributed by atoms with Gasteiger partial charge in [-0.25, -0.2) is 9.55 Å². The lowest BCUT2D eigenvalue weighted by atomic mass is 10.0. The minimum atomic E-state index is -4.23. The zero-order valence-corrected chi connectivity index (χ0v) is 22.3. The summed E-state index contributed by atoms with van der Waals surface area (Å²) in [5.74, 6) is -1.61. The standard InChI is InChI=1S/C23H29N8O7P/c1-12(2)36-22(33)13(3)30-39(34,38-14-7-5-4-6-8-14)35-10-16-18(32)15(9-24)21(37-16)31-11-27-17-19(25)28-23(26)29-20(17)31/h4-8,11-13,15-16,18,21,32H,10H2,1-3H3,(H,30,34)(H4,25,26,28,29)/t13-,15-,16-,18+,21-,39+/m1/s1. The van der Waals surface area contributed by atoms with E-state index in [9.17, 15) is 19.7 Å². The van der Waals surface area contributed by atoms with Crippen molar-refractivity contribution in [1.29, 1.82) is 5.26 Å². The minimum Gasteiger partial charge on any atom is -0.462 e. The van der Waals surface area contributed by atoms with E-state index in [0.717, 1.165) is 0 Å². The van der Waals surface area contributed by atoms with Crippen LogP contribution in [0.2, 0.25) is 0 Å². The first-order valence-corrected chi connectivity index (χ1v) is 13.5. The fourth-order valence-corrected chi connectivity index (χ4v) is 5.41. The largest absolute Gasteiger partial charge is 0.462 e. The molecule has 208 valence electrons. The van der Waals surface area contributed by atoms with E-state index in [1.54, 1.807) is 44.2 Å². The van der Waals surface area contributed by atoms with Crippen LogP contribution in [0.3, 0.4) is 0 Å². The molecule has 6 N–H and O–H groups in total. The lowest BCUT2D eigenvalue weighted by Crippen LogP contribution is -2.37. The monoisotopic (exact) mass is 560 g/mol. The summed E-state index contributed by atoms with van der Waals surface area (Å²) in [6.07, 6.45) is -2.59. The first kappa shape index (κ1) is 28.2. The van der Waals surface area contributed by atoms with Crippen LogP contribution < -0.4 is 21.1 Å². The molecular formula is C23H29N8O7P. The van der Waals surface area contributed by atoms with Gasteiger partial charge in [0.05, 0.1) is 25.1 Å². The molecule has 1 fully saturated rings. The predicted octanol–water partition coefficient (Wildman–Crippen LogP) is 1.52. The Balaban J connectivity index is 1.55. The van der Waals surface area contributed by atoms with E-state index in [4.69, 9.17) is 30.0 Å². The zero-order chi connectivity index (χ0) is 28.3. The molecule has 0 amide bonds. The number of hydrogen-bond donors (Lipinski definition) is 4. The average molecular weight is 561 g/mol. The van der Waals surface area contributed by atoms with Crippen molar-refractivity contribution in [2.45, 2.75) is 51.4 Å². The number of nitrogens with one attached hydrogen (secondary N) is 1. The molecule has 0 aliphatic carbocycles. The van der Waals surface area contributed by atoms with E-state index < -0.39 is 56.8 Å². The second-order valence-electron chi connectivity index (χ2n) is 9.04. The fraction of sp³-hybridized carbons (Fsp3) is 0.435. The van der Waals surface area contributed by atoms with E-state index in [0.29, 0.717) is 0 Å². The number of aliphatic hydroxyl groups is 1. The van der Waals surface area contributed by atoms with Crippen molar-refractivity contribution in [3.63, 3.8) is 0 Å². The number of benzene rings is 1. The van der Waals surface area contributed by atoms with Crippen molar-refractivity contribution >= 4 is 36.6 Å². The van der Waals surface area contributed by atoms with Crippen molar-refractivity contribution in [1.82, 2.24) is 24.6 Å². The van der Waals surface area contributed by atoms with Gasteiger partial charge in [0.25, 0.3) is 0 Å². The van der Waals surface area contributed by atoms with Crippen LogP contribution in [0.4, 0.5) is 11.8 Å². The van der Waals surface area contributed by atoms with Gasteiger partial charge in [0.1, 0.15) is 35.4 Å². The maximum Gasteiger partial charge on any atom is 0.459 e. The molecule has 2 aromatic heterocycles. The second-order valence-corrected chi connectivity index (χ2v) is 10.7. The summed E-state index contributed by atoms with van der Waals surface area (Å²) < 4.78 is 37.5. The van der Waals surface area contributed by atoms with E-state index in [2.05, 4.69) is 20.0 Å². The Bertz CT molecular complexity index is 1410. The fourth-order valence-electron chi connectivity index (χ4n) is 3.91. The van der Waals surface area contributed by atoms with Gasteiger partial charge in [0.2, 0.25) is 5.95 Å². The van der Waals surface area contributed by atoms with E-state index in [-0.39, 0.29) is 28.7 Å². The van der Waals surface area contributed by atoms with Gasteiger partial charge >= 0.3 is 13.7 Å². The maximum atomic E-state index is 13.7. The number of rotatable bonds is 10. The third-order valence-electron chi connectivity index (χ3n) is 5.69. The number of aromatic nitrogens is 4. The molecule has 4 rings (SSSR count). The number of imidazole rings is 1. The summed E-state index contributed by atoms with van der Waals surface area (Å²) in [5.41, 5.74) is 12.0. The van der Waals surface area contributed by atoms with Crippen LogP contribution in [-0.2, 0) is 23.4 Å². The van der Waals surface area contributed by atoms with Crippen molar-refractivity contribution in [2.24, 2.45) is 5.92 Å². The van der Waals surface area contributed by atoms with Crippen LogP contribution in [0.15, 0.2) is 36.7 Å². The number of nitrogens with zero attached hydrogens (tertiary/aromatic N) is 5. The van der Waals surface area contributed by atoms with E-state index in [1.807, 2.05) is 6.07 Å². The molecule has 1 saturated heterocycles. The number of nitriles is 1. The van der Waals surface area contributed by atoms with Crippen LogP contribution in [-0.4, -0.2) is 61.6 Å². The van der Waals surface area contributed by atoms with Crippen molar-refractivity contribution in [3.05, 3.63) is 36.7 Å². The average Bonchev–Trinajstić information content (AvgIpc) is 3.43. The summed E-state index contributed by atoms with van der Waals surface area (Å²) in [5, 5.41) is 23.2. The van der Waals surface area contributed by atoms with Gasteiger partial charge in [0, 0.05) is 0 Å². The summed E-state index contributed by atoms with van der Waals surface area (Å²) in [6, 6.07) is 9.14. The van der Waals surface area contributed by atoms with Crippen molar-refractivity contribution in [3.8, 4) is 11.8 Å². The lowest BCUT2D eigenvalue weighted by molar-refractivity contribution is -0.149. The Hall–Kier alpha value is -3.80. The van der Waals surface area contributed by atoms with Crippen LogP contribution in [0.1, 0.15) is 27.0 Å². The third kappa shape index (κ3) is 6.27. The van der Waals surface area contributed by atoms with Gasteiger partial charge in [-0.3, -0.25) is 13.9 Å². The molecule has 0 spiro atoms.